The number of aromatic hydroxyl groups is 1. The summed E-state index contributed by atoms with van der Waals surface area (Å²) in [5.74, 6) is -0.554. The highest BCUT2D eigenvalue weighted by atomic mass is 79.9. The van der Waals surface area contributed by atoms with E-state index in [4.69, 9.17) is 0 Å². The number of phenolic OH excluding ortho intramolecular Hbond substituents is 1. The van der Waals surface area contributed by atoms with Gasteiger partial charge in [0.25, 0.3) is 0 Å². The predicted molar refractivity (Wildman–Crippen MR) is 74.4 cm³/mol. The summed E-state index contributed by atoms with van der Waals surface area (Å²) in [7, 11) is 0. The van der Waals surface area contributed by atoms with Crippen molar-refractivity contribution in [1.29, 1.82) is 0 Å². The Bertz CT molecular complexity index is 721. The van der Waals surface area contributed by atoms with Gasteiger partial charge in [-0.15, -0.1) is 11.3 Å². The SMILES string of the molecule is Oc1cccc(F)c1-c1nc2cc(Br)ccc2s1. The van der Waals surface area contributed by atoms with Crippen LogP contribution in [0.4, 0.5) is 4.39 Å². The summed E-state index contributed by atoms with van der Waals surface area (Å²) in [5, 5.41) is 10.2. The van der Waals surface area contributed by atoms with Crippen LogP contribution in [-0.4, -0.2) is 10.1 Å². The topological polar surface area (TPSA) is 33.1 Å². The second kappa shape index (κ2) is 4.33. The van der Waals surface area contributed by atoms with E-state index >= 15 is 0 Å². The van der Waals surface area contributed by atoms with E-state index in [1.165, 1.54) is 29.5 Å². The zero-order valence-electron chi connectivity index (χ0n) is 9.02. The first-order valence-electron chi connectivity index (χ1n) is 5.19. The molecule has 0 aliphatic rings. The van der Waals surface area contributed by atoms with E-state index in [9.17, 15) is 9.50 Å². The van der Waals surface area contributed by atoms with Crippen molar-refractivity contribution >= 4 is 37.5 Å². The molecular weight excluding hydrogens is 317 g/mol. The molecule has 90 valence electrons. The molecule has 0 aliphatic carbocycles. The number of hydrogen-bond donors (Lipinski definition) is 1. The Labute approximate surface area is 115 Å². The summed E-state index contributed by atoms with van der Waals surface area (Å²) in [5.41, 5.74) is 0.946. The van der Waals surface area contributed by atoms with Crippen molar-refractivity contribution in [3.05, 3.63) is 46.7 Å². The predicted octanol–water partition coefficient (Wildman–Crippen LogP) is 4.57. The standard InChI is InChI=1S/C13H7BrFNOS/c14-7-4-5-11-9(6-7)16-13(18-11)12-8(15)2-1-3-10(12)17/h1-6,17H. The van der Waals surface area contributed by atoms with Crippen LogP contribution < -0.4 is 0 Å². The molecule has 3 rings (SSSR count). The molecule has 0 amide bonds. The number of halogens is 2. The lowest BCUT2D eigenvalue weighted by Gasteiger charge is -2.01. The van der Waals surface area contributed by atoms with Crippen LogP contribution in [0, 0.1) is 5.82 Å². The summed E-state index contributed by atoms with van der Waals surface area (Å²) in [6, 6.07) is 9.94. The molecule has 3 aromatic rings. The fraction of sp³-hybridized carbons (Fsp3) is 0. The van der Waals surface area contributed by atoms with Crippen molar-refractivity contribution < 1.29 is 9.50 Å². The molecule has 18 heavy (non-hydrogen) atoms. The second-order valence-electron chi connectivity index (χ2n) is 3.77. The smallest absolute Gasteiger partial charge is 0.137 e. The van der Waals surface area contributed by atoms with Gasteiger partial charge in [-0.25, -0.2) is 9.37 Å². The third-order valence-corrected chi connectivity index (χ3v) is 4.10. The maximum absolute atomic E-state index is 13.7. The Morgan fingerprint density at radius 3 is 2.83 bits per heavy atom. The van der Waals surface area contributed by atoms with Crippen LogP contribution in [0.15, 0.2) is 40.9 Å². The largest absolute Gasteiger partial charge is 0.507 e. The van der Waals surface area contributed by atoms with Crippen molar-refractivity contribution in [2.45, 2.75) is 0 Å². The Hall–Kier alpha value is -1.46. The first-order valence-corrected chi connectivity index (χ1v) is 6.80. The van der Waals surface area contributed by atoms with Gasteiger partial charge >= 0.3 is 0 Å². The third kappa shape index (κ3) is 1.89. The van der Waals surface area contributed by atoms with Gasteiger partial charge in [0.1, 0.15) is 16.6 Å². The maximum atomic E-state index is 13.7. The minimum Gasteiger partial charge on any atom is -0.507 e. The van der Waals surface area contributed by atoms with Gasteiger partial charge in [-0.3, -0.25) is 0 Å². The first kappa shape index (κ1) is 11.6. The van der Waals surface area contributed by atoms with E-state index in [1.807, 2.05) is 18.2 Å². The number of thiazole rings is 1. The minimum absolute atomic E-state index is 0.0897. The van der Waals surface area contributed by atoms with Gasteiger partial charge in [-0.05, 0) is 30.3 Å². The molecule has 5 heteroatoms. The number of aromatic nitrogens is 1. The van der Waals surface area contributed by atoms with Gasteiger partial charge in [0, 0.05) is 4.47 Å². The van der Waals surface area contributed by atoms with E-state index in [0.29, 0.717) is 5.01 Å². The van der Waals surface area contributed by atoms with E-state index in [2.05, 4.69) is 20.9 Å². The van der Waals surface area contributed by atoms with Gasteiger partial charge in [0.15, 0.2) is 0 Å². The molecular formula is C13H7BrFNOS. The molecule has 0 spiro atoms. The van der Waals surface area contributed by atoms with E-state index in [1.54, 1.807) is 0 Å². The highest BCUT2D eigenvalue weighted by molar-refractivity contribution is 9.10. The summed E-state index contributed by atoms with van der Waals surface area (Å²) >= 11 is 4.72. The number of rotatable bonds is 1. The van der Waals surface area contributed by atoms with Crippen LogP contribution in [-0.2, 0) is 0 Å². The summed E-state index contributed by atoms with van der Waals surface area (Å²) in [4.78, 5) is 4.35. The molecule has 0 bridgehead atoms. The molecule has 0 unspecified atom stereocenters. The molecule has 0 saturated heterocycles. The van der Waals surface area contributed by atoms with Gasteiger partial charge in [-0.2, -0.15) is 0 Å². The summed E-state index contributed by atoms with van der Waals surface area (Å²) in [6.07, 6.45) is 0. The van der Waals surface area contributed by atoms with E-state index in [-0.39, 0.29) is 11.3 Å². The normalized spacial score (nSPS) is 11.0. The Morgan fingerprint density at radius 1 is 1.22 bits per heavy atom. The molecule has 2 nitrogen and oxygen atoms in total. The van der Waals surface area contributed by atoms with Gasteiger partial charge < -0.3 is 5.11 Å². The van der Waals surface area contributed by atoms with Crippen LogP contribution >= 0.6 is 27.3 Å². The number of nitrogens with zero attached hydrogens (tertiary/aromatic N) is 1. The molecule has 2 aromatic carbocycles. The average molecular weight is 324 g/mol. The van der Waals surface area contributed by atoms with Crippen LogP contribution in [0.2, 0.25) is 0 Å². The van der Waals surface area contributed by atoms with Crippen molar-refractivity contribution in [1.82, 2.24) is 4.98 Å². The minimum atomic E-state index is -0.465. The number of phenols is 1. The monoisotopic (exact) mass is 323 g/mol. The zero-order valence-corrected chi connectivity index (χ0v) is 11.4. The maximum Gasteiger partial charge on any atom is 0.137 e. The highest BCUT2D eigenvalue weighted by Crippen LogP contribution is 2.37. The van der Waals surface area contributed by atoms with Gasteiger partial charge in [0.2, 0.25) is 0 Å². The van der Waals surface area contributed by atoms with Gasteiger partial charge in [0.05, 0.1) is 15.8 Å². The summed E-state index contributed by atoms with van der Waals surface area (Å²) in [6.45, 7) is 0. The van der Waals surface area contributed by atoms with E-state index < -0.39 is 5.82 Å². The van der Waals surface area contributed by atoms with Crippen LogP contribution in [0.1, 0.15) is 0 Å². The molecule has 0 radical (unpaired) electrons. The number of hydrogen-bond acceptors (Lipinski definition) is 3. The number of benzene rings is 2. The second-order valence-corrected chi connectivity index (χ2v) is 5.71. The quantitative estimate of drug-likeness (QED) is 0.711. The molecule has 0 atom stereocenters. The van der Waals surface area contributed by atoms with Crippen molar-refractivity contribution in [3.63, 3.8) is 0 Å². The molecule has 1 heterocycles. The molecule has 1 N–H and O–H groups in total. The summed E-state index contributed by atoms with van der Waals surface area (Å²) < 4.78 is 15.6. The van der Waals surface area contributed by atoms with Crippen LogP contribution in [0.25, 0.3) is 20.8 Å². The van der Waals surface area contributed by atoms with Crippen molar-refractivity contribution in [2.24, 2.45) is 0 Å². The highest BCUT2D eigenvalue weighted by Gasteiger charge is 2.14. The van der Waals surface area contributed by atoms with Crippen LogP contribution in [0.3, 0.4) is 0 Å². The lowest BCUT2D eigenvalue weighted by atomic mass is 10.2. The Morgan fingerprint density at radius 2 is 2.06 bits per heavy atom. The fourth-order valence-electron chi connectivity index (χ4n) is 1.73. The average Bonchev–Trinajstić information content (AvgIpc) is 2.71. The lowest BCUT2D eigenvalue weighted by Crippen LogP contribution is -1.83. The lowest BCUT2D eigenvalue weighted by molar-refractivity contribution is 0.472. The van der Waals surface area contributed by atoms with Crippen molar-refractivity contribution in [3.8, 4) is 16.3 Å². The van der Waals surface area contributed by atoms with E-state index in [0.717, 1.165) is 14.7 Å². The Kier molecular flexibility index (Phi) is 2.80. The number of fused-ring (bicyclic) bond motifs is 1. The molecule has 1 aromatic heterocycles. The van der Waals surface area contributed by atoms with Crippen LogP contribution in [0.5, 0.6) is 5.75 Å². The zero-order chi connectivity index (χ0) is 12.7. The molecule has 0 saturated carbocycles. The van der Waals surface area contributed by atoms with Gasteiger partial charge in [-0.1, -0.05) is 22.0 Å². The Balaban J connectivity index is 2.26. The molecule has 0 fully saturated rings. The first-order chi connectivity index (χ1) is 8.65. The third-order valence-electron chi connectivity index (χ3n) is 2.56. The molecule has 0 aliphatic heterocycles. The van der Waals surface area contributed by atoms with Crippen molar-refractivity contribution in [2.75, 3.05) is 0 Å². The fourth-order valence-corrected chi connectivity index (χ4v) is 3.08.